The number of hydrogen-bond acceptors (Lipinski definition) is 4. The lowest BCUT2D eigenvalue weighted by Gasteiger charge is -2.12. The van der Waals surface area contributed by atoms with E-state index in [1.54, 1.807) is 12.3 Å². The van der Waals surface area contributed by atoms with Crippen LogP contribution in [0.5, 0.6) is 0 Å². The van der Waals surface area contributed by atoms with E-state index < -0.39 is 10.0 Å². The van der Waals surface area contributed by atoms with E-state index in [1.165, 1.54) is 0 Å². The van der Waals surface area contributed by atoms with Crippen LogP contribution in [0.4, 0.5) is 0 Å². The average Bonchev–Trinajstić information content (AvgIpc) is 2.78. The predicted octanol–water partition coefficient (Wildman–Crippen LogP) is 1.94. The van der Waals surface area contributed by atoms with E-state index >= 15 is 0 Å². The summed E-state index contributed by atoms with van der Waals surface area (Å²) in [4.78, 5) is 0.341. The molecule has 1 heterocycles. The van der Waals surface area contributed by atoms with Gasteiger partial charge in [0.25, 0.3) is 0 Å². The molecule has 1 atom stereocenters. The first kappa shape index (κ1) is 18.5. The highest BCUT2D eigenvalue weighted by Crippen LogP contribution is 2.15. The van der Waals surface area contributed by atoms with E-state index in [-0.39, 0.29) is 6.04 Å². The monoisotopic (exact) mass is 333 g/mol. The van der Waals surface area contributed by atoms with Gasteiger partial charge in [-0.15, -0.1) is 0 Å². The lowest BCUT2D eigenvalue weighted by molar-refractivity contribution is 0.557. The normalized spacial score (nSPS) is 13.5. The zero-order valence-electron chi connectivity index (χ0n) is 13.3. The molecule has 0 aliphatic carbocycles. The van der Waals surface area contributed by atoms with Crippen LogP contribution >= 0.6 is 11.8 Å². The molecule has 0 aromatic carbocycles. The summed E-state index contributed by atoms with van der Waals surface area (Å²) in [6, 6.07) is 1.69. The molecule has 0 bridgehead atoms. The van der Waals surface area contributed by atoms with Gasteiger partial charge in [-0.25, -0.2) is 13.1 Å². The van der Waals surface area contributed by atoms with Crippen LogP contribution in [0.25, 0.3) is 0 Å². The molecule has 0 spiro atoms. The number of hydrogen-bond donors (Lipinski definition) is 2. The molecule has 1 unspecified atom stereocenters. The minimum atomic E-state index is -3.43. The molecular formula is C14H27N3O2S2. The number of rotatable bonds is 10. The van der Waals surface area contributed by atoms with Gasteiger partial charge in [-0.1, -0.05) is 13.8 Å². The number of nitrogens with one attached hydrogen (secondary N) is 2. The Labute approximate surface area is 132 Å². The third-order valence-corrected chi connectivity index (χ3v) is 5.69. The summed E-state index contributed by atoms with van der Waals surface area (Å²) in [6.07, 6.45) is 2.51. The highest BCUT2D eigenvalue weighted by Gasteiger charge is 2.19. The van der Waals surface area contributed by atoms with Crippen molar-refractivity contribution in [2.24, 2.45) is 7.05 Å². The van der Waals surface area contributed by atoms with E-state index in [9.17, 15) is 8.42 Å². The fourth-order valence-electron chi connectivity index (χ4n) is 1.95. The lowest BCUT2D eigenvalue weighted by atomic mass is 10.3. The molecule has 122 valence electrons. The molecule has 1 aromatic rings. The maximum atomic E-state index is 12.4. The molecule has 0 aliphatic rings. The Balaban J connectivity index is 2.69. The van der Waals surface area contributed by atoms with Crippen molar-refractivity contribution in [1.29, 1.82) is 0 Å². The number of nitrogens with zero attached hydrogens (tertiary/aromatic N) is 1. The molecule has 21 heavy (non-hydrogen) atoms. The number of aryl methyl sites for hydroxylation is 1. The minimum Gasteiger partial charge on any atom is -0.352 e. The van der Waals surface area contributed by atoms with E-state index in [2.05, 4.69) is 17.0 Å². The molecule has 1 rings (SSSR count). The second-order valence-corrected chi connectivity index (χ2v) is 8.17. The molecular weight excluding hydrogens is 306 g/mol. The van der Waals surface area contributed by atoms with Gasteiger partial charge in [0.05, 0.1) is 4.90 Å². The van der Waals surface area contributed by atoms with Crippen molar-refractivity contribution in [3.63, 3.8) is 0 Å². The van der Waals surface area contributed by atoms with Gasteiger partial charge in [-0.2, -0.15) is 11.8 Å². The maximum Gasteiger partial charge on any atom is 0.242 e. The summed E-state index contributed by atoms with van der Waals surface area (Å²) in [7, 11) is -1.56. The Bertz CT molecular complexity index is 526. The zero-order chi connectivity index (χ0) is 15.9. The van der Waals surface area contributed by atoms with E-state index in [4.69, 9.17) is 0 Å². The molecule has 7 heteroatoms. The van der Waals surface area contributed by atoms with Crippen molar-refractivity contribution >= 4 is 21.8 Å². The second kappa shape index (κ2) is 8.82. The van der Waals surface area contributed by atoms with Crippen LogP contribution in [-0.4, -0.2) is 37.1 Å². The van der Waals surface area contributed by atoms with E-state index in [1.807, 2.05) is 37.2 Å². The third-order valence-electron chi connectivity index (χ3n) is 3.20. The zero-order valence-corrected chi connectivity index (χ0v) is 15.0. The summed E-state index contributed by atoms with van der Waals surface area (Å²) >= 11 is 1.83. The minimum absolute atomic E-state index is 0.0496. The summed E-state index contributed by atoms with van der Waals surface area (Å²) < 4.78 is 29.3. The van der Waals surface area contributed by atoms with Crippen LogP contribution in [0.2, 0.25) is 0 Å². The number of aromatic nitrogens is 1. The van der Waals surface area contributed by atoms with Crippen LogP contribution in [-0.2, 0) is 23.6 Å². The van der Waals surface area contributed by atoms with Gasteiger partial charge in [0.2, 0.25) is 10.0 Å². The first-order valence-corrected chi connectivity index (χ1v) is 10.0. The SMILES string of the molecule is CCNCc1cc(S(=O)(=O)NC(C)CCSCC)cn1C. The summed E-state index contributed by atoms with van der Waals surface area (Å²) in [5.74, 6) is 2.03. The van der Waals surface area contributed by atoms with Crippen molar-refractivity contribution < 1.29 is 8.42 Å². The predicted molar refractivity (Wildman–Crippen MR) is 90.2 cm³/mol. The van der Waals surface area contributed by atoms with Gasteiger partial charge in [-0.05, 0) is 37.5 Å². The van der Waals surface area contributed by atoms with Crippen molar-refractivity contribution in [2.75, 3.05) is 18.1 Å². The Morgan fingerprint density at radius 3 is 2.71 bits per heavy atom. The van der Waals surface area contributed by atoms with Gasteiger partial charge in [0.15, 0.2) is 0 Å². The first-order valence-electron chi connectivity index (χ1n) is 7.36. The molecule has 0 saturated heterocycles. The Kier molecular flexibility index (Phi) is 7.79. The summed E-state index contributed by atoms with van der Waals surface area (Å²) in [5, 5.41) is 3.21. The Morgan fingerprint density at radius 2 is 2.10 bits per heavy atom. The van der Waals surface area contributed by atoms with Crippen LogP contribution in [0.1, 0.15) is 32.9 Å². The molecule has 5 nitrogen and oxygen atoms in total. The van der Waals surface area contributed by atoms with Crippen molar-refractivity contribution in [1.82, 2.24) is 14.6 Å². The van der Waals surface area contributed by atoms with Gasteiger partial charge in [0.1, 0.15) is 0 Å². The van der Waals surface area contributed by atoms with E-state index in [0.29, 0.717) is 11.4 Å². The number of thioether (sulfide) groups is 1. The average molecular weight is 334 g/mol. The highest BCUT2D eigenvalue weighted by atomic mass is 32.2. The van der Waals surface area contributed by atoms with Crippen molar-refractivity contribution in [2.45, 2.75) is 44.7 Å². The van der Waals surface area contributed by atoms with Crippen molar-refractivity contribution in [3.05, 3.63) is 18.0 Å². The smallest absolute Gasteiger partial charge is 0.242 e. The largest absolute Gasteiger partial charge is 0.352 e. The quantitative estimate of drug-likeness (QED) is 0.642. The molecule has 2 N–H and O–H groups in total. The summed E-state index contributed by atoms with van der Waals surface area (Å²) in [5.41, 5.74) is 0.964. The van der Waals surface area contributed by atoms with Crippen LogP contribution < -0.4 is 10.0 Å². The molecule has 0 saturated carbocycles. The third kappa shape index (κ3) is 6.02. The van der Waals surface area contributed by atoms with Gasteiger partial charge < -0.3 is 9.88 Å². The van der Waals surface area contributed by atoms with Crippen LogP contribution in [0.15, 0.2) is 17.2 Å². The maximum absolute atomic E-state index is 12.4. The van der Waals surface area contributed by atoms with Gasteiger partial charge in [0, 0.05) is 31.5 Å². The summed E-state index contributed by atoms with van der Waals surface area (Å²) in [6.45, 7) is 7.58. The second-order valence-electron chi connectivity index (χ2n) is 5.07. The first-order chi connectivity index (χ1) is 9.90. The fraction of sp³-hybridized carbons (Fsp3) is 0.714. The van der Waals surface area contributed by atoms with Gasteiger partial charge in [-0.3, -0.25) is 0 Å². The standard InChI is InChI=1S/C14H27N3O2S2/c1-5-15-10-13-9-14(11-17(13)4)21(18,19)16-12(3)7-8-20-6-2/h9,11-12,15-16H,5-8,10H2,1-4H3. The Hall–Kier alpha value is -0.500. The molecule has 1 aromatic heterocycles. The lowest BCUT2D eigenvalue weighted by Crippen LogP contribution is -2.32. The Morgan fingerprint density at radius 1 is 1.38 bits per heavy atom. The molecule has 0 radical (unpaired) electrons. The van der Waals surface area contributed by atoms with Crippen LogP contribution in [0.3, 0.4) is 0 Å². The topological polar surface area (TPSA) is 63.1 Å². The number of sulfonamides is 1. The molecule has 0 fully saturated rings. The highest BCUT2D eigenvalue weighted by molar-refractivity contribution is 7.99. The van der Waals surface area contributed by atoms with Crippen molar-refractivity contribution in [3.8, 4) is 0 Å². The van der Waals surface area contributed by atoms with E-state index in [0.717, 1.165) is 30.2 Å². The molecule has 0 aliphatic heterocycles. The van der Waals surface area contributed by atoms with Gasteiger partial charge >= 0.3 is 0 Å². The fourth-order valence-corrected chi connectivity index (χ4v) is 4.13. The van der Waals surface area contributed by atoms with Crippen LogP contribution in [0, 0.1) is 0 Å². The molecule has 0 amide bonds.